The van der Waals surface area contributed by atoms with Crippen molar-refractivity contribution >= 4 is 11.9 Å². The van der Waals surface area contributed by atoms with Crippen molar-refractivity contribution in [2.75, 3.05) is 6.54 Å². The lowest BCUT2D eigenvalue weighted by Crippen LogP contribution is -2.25. The highest BCUT2D eigenvalue weighted by atomic mass is 16.4. The van der Waals surface area contributed by atoms with Gasteiger partial charge in [-0.3, -0.25) is 9.59 Å². The molecule has 4 heteroatoms. The van der Waals surface area contributed by atoms with E-state index < -0.39 is 11.9 Å². The van der Waals surface area contributed by atoms with Crippen LogP contribution in [0.15, 0.2) is 24.3 Å². The third kappa shape index (κ3) is 3.63. The van der Waals surface area contributed by atoms with Crippen LogP contribution in [0.1, 0.15) is 44.2 Å². The summed E-state index contributed by atoms with van der Waals surface area (Å²) in [5.41, 5.74) is 1.84. The number of rotatable bonds is 5. The number of benzene rings is 1. The average molecular weight is 289 g/mol. The average Bonchev–Trinajstić information content (AvgIpc) is 2.80. The standard InChI is InChI=1S/C17H23NO3/c1-11(2)15-8-16(19)18(10-15)9-13-4-6-14(7-5-13)12(3)17(20)21/h4-7,11-12,15H,8-10H2,1-3H3,(H,20,21). The topological polar surface area (TPSA) is 57.6 Å². The number of carboxylic acid groups (broad SMARTS) is 1. The second-order valence-corrected chi connectivity index (χ2v) is 6.28. The van der Waals surface area contributed by atoms with Gasteiger partial charge in [-0.25, -0.2) is 0 Å². The van der Waals surface area contributed by atoms with Crippen molar-refractivity contribution in [3.63, 3.8) is 0 Å². The predicted molar refractivity (Wildman–Crippen MR) is 80.9 cm³/mol. The van der Waals surface area contributed by atoms with E-state index in [1.807, 2.05) is 29.2 Å². The molecule has 1 fully saturated rings. The van der Waals surface area contributed by atoms with Crippen molar-refractivity contribution in [2.45, 2.75) is 39.7 Å². The SMILES string of the molecule is CC(C(=O)O)c1ccc(CN2CC(C(C)C)CC2=O)cc1. The van der Waals surface area contributed by atoms with Crippen molar-refractivity contribution in [1.82, 2.24) is 4.90 Å². The monoisotopic (exact) mass is 289 g/mol. The van der Waals surface area contributed by atoms with Gasteiger partial charge in [-0.2, -0.15) is 0 Å². The number of hydrogen-bond acceptors (Lipinski definition) is 2. The lowest BCUT2D eigenvalue weighted by atomic mass is 9.95. The molecular formula is C17H23NO3. The van der Waals surface area contributed by atoms with E-state index in [-0.39, 0.29) is 5.91 Å². The van der Waals surface area contributed by atoms with Crippen molar-refractivity contribution < 1.29 is 14.7 Å². The van der Waals surface area contributed by atoms with E-state index in [1.165, 1.54) is 0 Å². The summed E-state index contributed by atoms with van der Waals surface area (Å²) in [5.74, 6) is -0.131. The molecule has 114 valence electrons. The molecule has 1 aromatic carbocycles. The molecule has 0 bridgehead atoms. The minimum absolute atomic E-state index is 0.219. The highest BCUT2D eigenvalue weighted by molar-refractivity contribution is 5.78. The number of aliphatic carboxylic acids is 1. The van der Waals surface area contributed by atoms with E-state index in [9.17, 15) is 9.59 Å². The van der Waals surface area contributed by atoms with Crippen LogP contribution in [0, 0.1) is 11.8 Å². The summed E-state index contributed by atoms with van der Waals surface area (Å²) in [6.45, 7) is 7.43. The maximum absolute atomic E-state index is 12.0. The molecule has 2 rings (SSSR count). The molecule has 2 atom stereocenters. The summed E-state index contributed by atoms with van der Waals surface area (Å²) in [5, 5.41) is 9.00. The van der Waals surface area contributed by atoms with Crippen LogP contribution in [0.4, 0.5) is 0 Å². The van der Waals surface area contributed by atoms with Crippen LogP contribution in [-0.4, -0.2) is 28.4 Å². The molecule has 1 saturated heterocycles. The molecule has 21 heavy (non-hydrogen) atoms. The summed E-state index contributed by atoms with van der Waals surface area (Å²) in [6, 6.07) is 7.53. The zero-order valence-electron chi connectivity index (χ0n) is 12.9. The van der Waals surface area contributed by atoms with Crippen LogP contribution < -0.4 is 0 Å². The molecule has 0 radical (unpaired) electrons. The second kappa shape index (κ2) is 6.29. The summed E-state index contributed by atoms with van der Waals surface area (Å²) in [7, 11) is 0. The molecular weight excluding hydrogens is 266 g/mol. The fourth-order valence-electron chi connectivity index (χ4n) is 2.68. The summed E-state index contributed by atoms with van der Waals surface area (Å²) in [4.78, 5) is 24.9. The Hall–Kier alpha value is -1.84. The first-order chi connectivity index (χ1) is 9.88. The number of amides is 1. The van der Waals surface area contributed by atoms with Crippen LogP contribution in [0.3, 0.4) is 0 Å². The molecule has 1 aromatic rings. The van der Waals surface area contributed by atoms with Crippen molar-refractivity contribution in [3.05, 3.63) is 35.4 Å². The smallest absolute Gasteiger partial charge is 0.310 e. The molecule has 0 aliphatic carbocycles. The van der Waals surface area contributed by atoms with E-state index in [1.54, 1.807) is 6.92 Å². The molecule has 1 heterocycles. The Labute approximate surface area is 125 Å². The molecule has 1 aliphatic rings. The number of carboxylic acids is 1. The highest BCUT2D eigenvalue weighted by Crippen LogP contribution is 2.26. The Kier molecular flexibility index (Phi) is 4.66. The highest BCUT2D eigenvalue weighted by Gasteiger charge is 2.31. The van der Waals surface area contributed by atoms with E-state index in [2.05, 4.69) is 13.8 Å². The summed E-state index contributed by atoms with van der Waals surface area (Å²) in [6.07, 6.45) is 0.645. The van der Waals surface area contributed by atoms with E-state index >= 15 is 0 Å². The Bertz CT molecular complexity index is 521. The zero-order chi connectivity index (χ0) is 15.6. The van der Waals surface area contributed by atoms with Gasteiger partial charge in [-0.05, 0) is 29.9 Å². The number of hydrogen-bond donors (Lipinski definition) is 1. The van der Waals surface area contributed by atoms with Gasteiger partial charge in [-0.1, -0.05) is 38.1 Å². The minimum Gasteiger partial charge on any atom is -0.481 e. The van der Waals surface area contributed by atoms with Crippen LogP contribution >= 0.6 is 0 Å². The molecule has 4 nitrogen and oxygen atoms in total. The van der Waals surface area contributed by atoms with Crippen LogP contribution in [-0.2, 0) is 16.1 Å². The van der Waals surface area contributed by atoms with Crippen molar-refractivity contribution in [3.8, 4) is 0 Å². The quantitative estimate of drug-likeness (QED) is 0.906. The van der Waals surface area contributed by atoms with Gasteiger partial charge in [0.25, 0.3) is 0 Å². The third-order valence-corrected chi connectivity index (χ3v) is 4.41. The lowest BCUT2D eigenvalue weighted by Gasteiger charge is -2.18. The van der Waals surface area contributed by atoms with E-state index in [4.69, 9.17) is 5.11 Å². The van der Waals surface area contributed by atoms with Gasteiger partial charge in [0.2, 0.25) is 5.91 Å². The number of carbonyl (C=O) groups excluding carboxylic acids is 1. The Morgan fingerprint density at radius 2 is 1.90 bits per heavy atom. The Balaban J connectivity index is 2.01. The fraction of sp³-hybridized carbons (Fsp3) is 0.529. The second-order valence-electron chi connectivity index (χ2n) is 6.28. The fourth-order valence-corrected chi connectivity index (χ4v) is 2.68. The number of carbonyl (C=O) groups is 2. The van der Waals surface area contributed by atoms with Crippen LogP contribution in [0.2, 0.25) is 0 Å². The maximum Gasteiger partial charge on any atom is 0.310 e. The summed E-state index contributed by atoms with van der Waals surface area (Å²) < 4.78 is 0. The van der Waals surface area contributed by atoms with E-state index in [0.29, 0.717) is 24.8 Å². The molecule has 0 saturated carbocycles. The van der Waals surface area contributed by atoms with Crippen molar-refractivity contribution in [2.24, 2.45) is 11.8 Å². The largest absolute Gasteiger partial charge is 0.481 e. The van der Waals surface area contributed by atoms with Gasteiger partial charge in [0.15, 0.2) is 0 Å². The third-order valence-electron chi connectivity index (χ3n) is 4.41. The molecule has 1 amide bonds. The van der Waals surface area contributed by atoms with Gasteiger partial charge in [0, 0.05) is 19.5 Å². The lowest BCUT2D eigenvalue weighted by molar-refractivity contribution is -0.138. The molecule has 1 aliphatic heterocycles. The van der Waals surface area contributed by atoms with Gasteiger partial charge in [0.1, 0.15) is 0 Å². The first kappa shape index (κ1) is 15.5. The van der Waals surface area contributed by atoms with Gasteiger partial charge in [-0.15, -0.1) is 0 Å². The van der Waals surface area contributed by atoms with Crippen LogP contribution in [0.5, 0.6) is 0 Å². The van der Waals surface area contributed by atoms with E-state index in [0.717, 1.165) is 17.7 Å². The molecule has 2 unspecified atom stereocenters. The first-order valence-electron chi connectivity index (χ1n) is 7.48. The number of nitrogens with zero attached hydrogens (tertiary/aromatic N) is 1. The summed E-state index contributed by atoms with van der Waals surface area (Å²) >= 11 is 0. The molecule has 0 spiro atoms. The van der Waals surface area contributed by atoms with Gasteiger partial charge in [0.05, 0.1) is 5.92 Å². The zero-order valence-corrected chi connectivity index (χ0v) is 12.9. The van der Waals surface area contributed by atoms with Gasteiger partial charge < -0.3 is 10.0 Å². The van der Waals surface area contributed by atoms with Gasteiger partial charge >= 0.3 is 5.97 Å². The Morgan fingerprint density at radius 3 is 2.38 bits per heavy atom. The number of likely N-dealkylation sites (tertiary alicyclic amines) is 1. The molecule has 1 N–H and O–H groups in total. The molecule has 0 aromatic heterocycles. The predicted octanol–water partition coefficient (Wildman–Crippen LogP) is 2.88. The van der Waals surface area contributed by atoms with Crippen molar-refractivity contribution in [1.29, 1.82) is 0 Å². The van der Waals surface area contributed by atoms with Crippen LogP contribution in [0.25, 0.3) is 0 Å². The minimum atomic E-state index is -0.822. The normalized spacial score (nSPS) is 20.1. The maximum atomic E-state index is 12.0. The Morgan fingerprint density at radius 1 is 1.29 bits per heavy atom. The first-order valence-corrected chi connectivity index (χ1v) is 7.48.